The molecule has 1 unspecified atom stereocenters. The molecule has 1 atom stereocenters. The fourth-order valence-corrected chi connectivity index (χ4v) is 1.95. The Hall–Kier alpha value is -1.79. The third kappa shape index (κ3) is 3.84. The van der Waals surface area contributed by atoms with Crippen molar-refractivity contribution in [3.63, 3.8) is 0 Å². The van der Waals surface area contributed by atoms with Crippen LogP contribution in [-0.2, 0) is 9.59 Å². The Kier molecular flexibility index (Phi) is 5.14. The highest BCUT2D eigenvalue weighted by atomic mass is 16.4. The van der Waals surface area contributed by atoms with Crippen molar-refractivity contribution in [3.8, 4) is 0 Å². The van der Waals surface area contributed by atoms with E-state index in [4.69, 9.17) is 5.11 Å². The van der Waals surface area contributed by atoms with E-state index >= 15 is 0 Å². The number of carboxylic acids is 1. The van der Waals surface area contributed by atoms with Gasteiger partial charge in [0.15, 0.2) is 0 Å². The molecular formula is C12H21N3O4. The molecule has 7 heteroatoms. The lowest BCUT2D eigenvalue weighted by atomic mass is 10.1. The number of likely N-dealkylation sites (tertiary alicyclic amines) is 1. The van der Waals surface area contributed by atoms with Gasteiger partial charge < -0.3 is 19.8 Å². The summed E-state index contributed by atoms with van der Waals surface area (Å²) in [5.74, 6) is -1.51. The molecule has 0 aliphatic carbocycles. The maximum atomic E-state index is 12.2. The summed E-state index contributed by atoms with van der Waals surface area (Å²) in [6.07, 6.45) is 0.472. The number of carbonyl (C=O) groups excluding carboxylic acids is 2. The number of hydrogen-bond donors (Lipinski definition) is 1. The molecule has 1 N–H and O–H groups in total. The summed E-state index contributed by atoms with van der Waals surface area (Å²) in [6.45, 7) is 2.90. The molecule has 0 aromatic carbocycles. The number of hydrogen-bond acceptors (Lipinski definition) is 3. The number of carboxylic acid groups (broad SMARTS) is 1. The molecule has 0 aromatic heterocycles. The van der Waals surface area contributed by atoms with Crippen LogP contribution in [0.4, 0.5) is 4.79 Å². The van der Waals surface area contributed by atoms with E-state index in [0.29, 0.717) is 19.5 Å². The summed E-state index contributed by atoms with van der Waals surface area (Å²) in [6, 6.07) is -0.263. The topological polar surface area (TPSA) is 81.2 Å². The minimum atomic E-state index is -0.872. The lowest BCUT2D eigenvalue weighted by molar-refractivity contribution is -0.141. The van der Waals surface area contributed by atoms with E-state index in [0.717, 1.165) is 0 Å². The van der Waals surface area contributed by atoms with Crippen LogP contribution in [-0.4, -0.2) is 78.0 Å². The summed E-state index contributed by atoms with van der Waals surface area (Å²) in [4.78, 5) is 39.1. The first kappa shape index (κ1) is 15.3. The van der Waals surface area contributed by atoms with Crippen molar-refractivity contribution in [2.24, 2.45) is 5.92 Å². The summed E-state index contributed by atoms with van der Waals surface area (Å²) in [7, 11) is 3.27. The molecule has 7 nitrogen and oxygen atoms in total. The zero-order chi connectivity index (χ0) is 14.6. The van der Waals surface area contributed by atoms with E-state index in [1.807, 2.05) is 0 Å². The molecule has 108 valence electrons. The molecule has 0 spiro atoms. The monoisotopic (exact) mass is 271 g/mol. The molecule has 1 heterocycles. The van der Waals surface area contributed by atoms with Crippen molar-refractivity contribution >= 4 is 17.9 Å². The van der Waals surface area contributed by atoms with Crippen molar-refractivity contribution in [1.82, 2.24) is 14.7 Å². The largest absolute Gasteiger partial charge is 0.481 e. The first-order valence-electron chi connectivity index (χ1n) is 6.33. The molecule has 1 rings (SSSR count). The van der Waals surface area contributed by atoms with Crippen LogP contribution < -0.4 is 0 Å². The Balaban J connectivity index is 2.60. The summed E-state index contributed by atoms with van der Waals surface area (Å²) in [5, 5.41) is 8.91. The highest BCUT2D eigenvalue weighted by Gasteiger charge is 2.33. The smallest absolute Gasteiger partial charge is 0.320 e. The van der Waals surface area contributed by atoms with Gasteiger partial charge in [0.25, 0.3) is 0 Å². The maximum Gasteiger partial charge on any atom is 0.320 e. The van der Waals surface area contributed by atoms with Gasteiger partial charge in [-0.3, -0.25) is 9.59 Å². The van der Waals surface area contributed by atoms with Gasteiger partial charge in [-0.2, -0.15) is 0 Å². The van der Waals surface area contributed by atoms with Crippen LogP contribution in [0.5, 0.6) is 0 Å². The van der Waals surface area contributed by atoms with Gasteiger partial charge in [-0.05, 0) is 13.3 Å². The van der Waals surface area contributed by atoms with Crippen LogP contribution in [0.15, 0.2) is 0 Å². The SMILES string of the molecule is CCN(CC(=O)N(C)C)C(=O)N1CCC(C(=O)O)C1. The number of rotatable bonds is 4. The summed E-state index contributed by atoms with van der Waals surface area (Å²) >= 11 is 0. The fourth-order valence-electron chi connectivity index (χ4n) is 1.95. The molecule has 19 heavy (non-hydrogen) atoms. The third-order valence-electron chi connectivity index (χ3n) is 3.29. The van der Waals surface area contributed by atoms with Crippen LogP contribution in [0.2, 0.25) is 0 Å². The second-order valence-corrected chi connectivity index (χ2v) is 4.85. The van der Waals surface area contributed by atoms with Crippen LogP contribution in [0, 0.1) is 5.92 Å². The molecule has 1 aliphatic rings. The van der Waals surface area contributed by atoms with Crippen molar-refractivity contribution in [2.45, 2.75) is 13.3 Å². The first-order chi connectivity index (χ1) is 8.86. The highest BCUT2D eigenvalue weighted by molar-refractivity contribution is 5.84. The predicted octanol–water partition coefficient (Wildman–Crippen LogP) is -0.0770. The van der Waals surface area contributed by atoms with Gasteiger partial charge in [-0.25, -0.2) is 4.79 Å². The van der Waals surface area contributed by atoms with Crippen molar-refractivity contribution < 1.29 is 19.5 Å². The molecule has 0 saturated carbocycles. The summed E-state index contributed by atoms with van der Waals surface area (Å²) < 4.78 is 0. The van der Waals surface area contributed by atoms with Crippen LogP contribution in [0.25, 0.3) is 0 Å². The molecule has 3 amide bonds. The number of aliphatic carboxylic acids is 1. The van der Waals surface area contributed by atoms with E-state index in [2.05, 4.69) is 0 Å². The number of amides is 3. The van der Waals surface area contributed by atoms with Crippen molar-refractivity contribution in [3.05, 3.63) is 0 Å². The van der Waals surface area contributed by atoms with Crippen LogP contribution in [0.3, 0.4) is 0 Å². The number of urea groups is 1. The Morgan fingerprint density at radius 2 is 1.95 bits per heavy atom. The maximum absolute atomic E-state index is 12.2. The summed E-state index contributed by atoms with van der Waals surface area (Å²) in [5.41, 5.74) is 0. The van der Waals surface area contributed by atoms with E-state index in [9.17, 15) is 14.4 Å². The predicted molar refractivity (Wildman–Crippen MR) is 68.7 cm³/mol. The second kappa shape index (κ2) is 6.40. The minimum absolute atomic E-state index is 0.0244. The van der Waals surface area contributed by atoms with Gasteiger partial charge in [0.2, 0.25) is 5.91 Å². The van der Waals surface area contributed by atoms with Gasteiger partial charge in [0.05, 0.1) is 5.92 Å². The van der Waals surface area contributed by atoms with Crippen molar-refractivity contribution in [2.75, 3.05) is 40.3 Å². The van der Waals surface area contributed by atoms with E-state index in [1.54, 1.807) is 21.0 Å². The molecule has 0 bridgehead atoms. The quantitative estimate of drug-likeness (QED) is 0.775. The van der Waals surface area contributed by atoms with E-state index in [-0.39, 0.29) is 25.0 Å². The zero-order valence-electron chi connectivity index (χ0n) is 11.6. The average molecular weight is 271 g/mol. The molecule has 0 aromatic rings. The second-order valence-electron chi connectivity index (χ2n) is 4.85. The standard InChI is InChI=1S/C12H21N3O4/c1-4-14(8-10(16)13(2)3)12(19)15-6-5-9(7-15)11(17)18/h9H,4-8H2,1-3H3,(H,17,18). The lowest BCUT2D eigenvalue weighted by Crippen LogP contribution is -2.46. The number of carbonyl (C=O) groups is 3. The van der Waals surface area contributed by atoms with Crippen LogP contribution >= 0.6 is 0 Å². The fraction of sp³-hybridized carbons (Fsp3) is 0.750. The third-order valence-corrected chi connectivity index (χ3v) is 3.29. The highest BCUT2D eigenvalue weighted by Crippen LogP contribution is 2.17. The zero-order valence-corrected chi connectivity index (χ0v) is 11.6. The molecule has 1 fully saturated rings. The number of nitrogens with zero attached hydrogens (tertiary/aromatic N) is 3. The lowest BCUT2D eigenvalue weighted by Gasteiger charge is -2.27. The molecule has 1 saturated heterocycles. The first-order valence-corrected chi connectivity index (χ1v) is 6.33. The Labute approximate surface area is 112 Å². The average Bonchev–Trinajstić information content (AvgIpc) is 2.84. The normalized spacial score (nSPS) is 18.3. The van der Waals surface area contributed by atoms with Gasteiger partial charge in [-0.1, -0.05) is 0 Å². The van der Waals surface area contributed by atoms with Crippen LogP contribution in [0.1, 0.15) is 13.3 Å². The van der Waals surface area contributed by atoms with Gasteiger partial charge in [0, 0.05) is 33.7 Å². The van der Waals surface area contributed by atoms with Gasteiger partial charge in [0.1, 0.15) is 6.54 Å². The molecular weight excluding hydrogens is 250 g/mol. The van der Waals surface area contributed by atoms with Gasteiger partial charge >= 0.3 is 12.0 Å². The Morgan fingerprint density at radius 3 is 2.37 bits per heavy atom. The molecule has 0 radical (unpaired) electrons. The number of likely N-dealkylation sites (N-methyl/N-ethyl adjacent to an activating group) is 2. The minimum Gasteiger partial charge on any atom is -0.481 e. The molecule has 1 aliphatic heterocycles. The van der Waals surface area contributed by atoms with Gasteiger partial charge in [-0.15, -0.1) is 0 Å². The van der Waals surface area contributed by atoms with E-state index < -0.39 is 11.9 Å². The Bertz CT molecular complexity index is 370. The van der Waals surface area contributed by atoms with Crippen molar-refractivity contribution in [1.29, 1.82) is 0 Å². The van der Waals surface area contributed by atoms with E-state index in [1.165, 1.54) is 14.7 Å². The Morgan fingerprint density at radius 1 is 1.32 bits per heavy atom.